The fourth-order valence-corrected chi connectivity index (χ4v) is 11.0. The minimum atomic E-state index is -1.72. The van der Waals surface area contributed by atoms with E-state index in [2.05, 4.69) is 6.07 Å². The molecule has 24 heteroatoms. The molecule has 4 aliphatic rings. The highest BCUT2D eigenvalue weighted by Crippen LogP contribution is 2.51. The standard InChI is InChI=1S/C20H31FN3O4P.C12H16FNO2.C11H14FNO3.C10H12FNO4/c1-6-16-19(18(21)20(27-16)23-12-8-7-10-17(23)25)28-29(26-13-9-11-22)24(14(2)3)15(4)5;1-3-9-8(2)11(13)12(16-9)14-7-5-4-6-10(14)15;1-2-7-10(15)9(12)11(16-7)13-6-4-3-5-8(13)14;11-8-9(15)6(5-13)16-10(8)12-4-2-1-3-7(12)14/h7-8,10,12,14-16,18-20H,6,9,13H2,1-5H3;4-9,11-12H,3H2,1-2H3;3-7,9-11,15H,2H2,1H3;1-4,6,8-10,13,15H,5H2/t16-,18-,19-,20-,29?;8-,9-,11-,12-;7-,9-,10-,11-;6-,8-,9-,10-/m1111/s1. The molecule has 8 heterocycles. The number of hydrogen-bond donors (Lipinski definition) is 3. The van der Waals surface area contributed by atoms with Crippen LogP contribution in [-0.4, -0.2) is 131 Å². The fourth-order valence-electron chi connectivity index (χ4n) is 9.24. The van der Waals surface area contributed by atoms with Crippen LogP contribution in [0.5, 0.6) is 0 Å². The molecule has 4 saturated heterocycles. The van der Waals surface area contributed by atoms with Crippen LogP contribution in [0.2, 0.25) is 0 Å². The Balaban J connectivity index is 0.000000197. The summed E-state index contributed by atoms with van der Waals surface area (Å²) in [6, 6.07) is 20.6. The molecular formula is C53H73F4N6O13P. The summed E-state index contributed by atoms with van der Waals surface area (Å²) in [5, 5.41) is 36.7. The van der Waals surface area contributed by atoms with E-state index in [4.69, 9.17) is 38.4 Å². The van der Waals surface area contributed by atoms with Crippen molar-refractivity contribution in [2.75, 3.05) is 13.2 Å². The summed E-state index contributed by atoms with van der Waals surface area (Å²) in [6.45, 7) is 15.3. The Kier molecular flexibility index (Phi) is 24.4. The maximum atomic E-state index is 15.4. The highest BCUT2D eigenvalue weighted by molar-refractivity contribution is 7.44. The van der Waals surface area contributed by atoms with E-state index in [0.717, 1.165) is 11.0 Å². The number of halogens is 4. The molecule has 4 aromatic rings. The van der Waals surface area contributed by atoms with Crippen LogP contribution in [0.1, 0.15) is 106 Å². The lowest BCUT2D eigenvalue weighted by atomic mass is 10.00. The summed E-state index contributed by atoms with van der Waals surface area (Å²) in [7, 11) is -1.61. The zero-order valence-corrected chi connectivity index (χ0v) is 45.3. The quantitative estimate of drug-likeness (QED) is 0.0612. The van der Waals surface area contributed by atoms with E-state index in [1.807, 2.05) is 53.1 Å². The first kappa shape index (κ1) is 62.9. The maximum absolute atomic E-state index is 15.4. The van der Waals surface area contributed by atoms with Gasteiger partial charge in [-0.2, -0.15) is 5.26 Å². The molecule has 0 amide bonds. The molecule has 3 N–H and O–H groups in total. The van der Waals surface area contributed by atoms with Gasteiger partial charge in [0.2, 0.25) is 0 Å². The third-order valence-corrected chi connectivity index (χ3v) is 15.4. The predicted octanol–water partition coefficient (Wildman–Crippen LogP) is 6.58. The topological polar surface area (TPSA) is 231 Å². The summed E-state index contributed by atoms with van der Waals surface area (Å²) in [5.41, 5.74) is -1.30. The molecule has 4 fully saturated rings. The molecule has 4 aromatic heterocycles. The van der Waals surface area contributed by atoms with Gasteiger partial charge in [0.05, 0.1) is 44.0 Å². The lowest BCUT2D eigenvalue weighted by molar-refractivity contribution is -0.0486. The molecule has 0 aromatic carbocycles. The number of hydrogen-bond acceptors (Lipinski definition) is 15. The second-order valence-electron chi connectivity index (χ2n) is 19.2. The minimum Gasteiger partial charge on any atom is -0.394 e. The molecule has 17 atom stereocenters. The van der Waals surface area contributed by atoms with E-state index in [9.17, 15) is 42.6 Å². The van der Waals surface area contributed by atoms with Gasteiger partial charge in [0.15, 0.2) is 49.6 Å². The summed E-state index contributed by atoms with van der Waals surface area (Å²) < 4.78 is 97.7. The third kappa shape index (κ3) is 15.5. The number of rotatable bonds is 16. The third-order valence-electron chi connectivity index (χ3n) is 13.3. The van der Waals surface area contributed by atoms with Crippen LogP contribution in [-0.2, 0) is 28.0 Å². The summed E-state index contributed by atoms with van der Waals surface area (Å²) in [4.78, 5) is 46.6. The second-order valence-corrected chi connectivity index (χ2v) is 20.6. The van der Waals surface area contributed by atoms with Gasteiger partial charge in [-0.05, 0) is 71.2 Å². The zero-order valence-electron chi connectivity index (χ0n) is 44.4. The molecule has 0 bridgehead atoms. The number of pyridine rings is 4. The molecule has 1 unspecified atom stereocenters. The van der Waals surface area contributed by atoms with Crippen molar-refractivity contribution in [3.8, 4) is 6.07 Å². The molecule has 0 radical (unpaired) electrons. The Morgan fingerprint density at radius 1 is 0.597 bits per heavy atom. The monoisotopic (exact) mass is 1110 g/mol. The van der Waals surface area contributed by atoms with Crippen LogP contribution in [0.15, 0.2) is 117 Å². The van der Waals surface area contributed by atoms with Gasteiger partial charge in [-0.25, -0.2) is 22.2 Å². The van der Waals surface area contributed by atoms with Crippen LogP contribution in [0.3, 0.4) is 0 Å². The summed E-state index contributed by atoms with van der Waals surface area (Å²) >= 11 is 0. The zero-order chi connectivity index (χ0) is 56.7. The molecule has 19 nitrogen and oxygen atoms in total. The van der Waals surface area contributed by atoms with Crippen LogP contribution in [0.4, 0.5) is 17.6 Å². The van der Waals surface area contributed by atoms with E-state index < -0.39 is 107 Å². The van der Waals surface area contributed by atoms with Crippen molar-refractivity contribution in [2.24, 2.45) is 5.92 Å². The maximum Gasteiger partial charge on any atom is 0.259 e. The van der Waals surface area contributed by atoms with E-state index in [1.165, 1.54) is 62.6 Å². The molecule has 77 heavy (non-hydrogen) atoms. The number of ether oxygens (including phenoxy) is 4. The number of aliphatic hydroxyl groups excluding tert-OH is 3. The Bertz CT molecular complexity index is 2520. The highest BCUT2D eigenvalue weighted by Gasteiger charge is 2.50. The van der Waals surface area contributed by atoms with E-state index >= 15 is 4.39 Å². The first-order valence-corrected chi connectivity index (χ1v) is 27.0. The van der Waals surface area contributed by atoms with Crippen molar-refractivity contribution in [1.82, 2.24) is 22.9 Å². The van der Waals surface area contributed by atoms with Crippen molar-refractivity contribution in [3.05, 3.63) is 139 Å². The molecule has 426 valence electrons. The van der Waals surface area contributed by atoms with Gasteiger partial charge in [-0.3, -0.25) is 37.4 Å². The SMILES string of the molecule is CC[C@H]1O[C@@H](n2ccccc2=O)[C@H](F)[C@@H]1C.CC[C@H]1O[C@@H](n2ccccc2=O)[C@H](F)[C@@H]1O.CC[C@H]1O[C@@H](n2ccccc2=O)[C@H](F)[C@@H]1OP(OCCC#N)N(C(C)C)C(C)C.O=c1ccccn1[C@@H]1O[C@H](CO)[C@@H](O)[C@H]1F. The van der Waals surface area contributed by atoms with Crippen molar-refractivity contribution < 1.29 is 60.9 Å². The molecule has 8 rings (SSSR count). The normalized spacial score (nSPS) is 31.0. The first-order chi connectivity index (χ1) is 36.8. The van der Waals surface area contributed by atoms with Crippen molar-refractivity contribution in [1.29, 1.82) is 5.26 Å². The molecule has 0 spiro atoms. The lowest BCUT2D eigenvalue weighted by Gasteiger charge is -2.37. The largest absolute Gasteiger partial charge is 0.394 e. The Morgan fingerprint density at radius 3 is 1.30 bits per heavy atom. The van der Waals surface area contributed by atoms with E-state index in [1.54, 1.807) is 55.6 Å². The molecule has 0 aliphatic carbocycles. The van der Waals surface area contributed by atoms with Gasteiger partial charge < -0.3 is 43.3 Å². The van der Waals surface area contributed by atoms with Gasteiger partial charge in [0.1, 0.15) is 24.4 Å². The number of aromatic nitrogens is 4. The van der Waals surface area contributed by atoms with E-state index in [0.29, 0.717) is 12.8 Å². The van der Waals surface area contributed by atoms with Crippen LogP contribution < -0.4 is 22.2 Å². The lowest BCUT2D eigenvalue weighted by Crippen LogP contribution is -2.38. The van der Waals surface area contributed by atoms with Gasteiger partial charge in [-0.1, -0.05) is 52.0 Å². The average molecular weight is 1110 g/mol. The minimum absolute atomic E-state index is 0.105. The Hall–Kier alpha value is -4.96. The molecule has 0 saturated carbocycles. The average Bonchev–Trinajstić information content (AvgIpc) is 4.10. The van der Waals surface area contributed by atoms with Gasteiger partial charge in [-0.15, -0.1) is 0 Å². The molecule has 4 aliphatic heterocycles. The molecular weight excluding hydrogens is 1040 g/mol. The highest BCUT2D eigenvalue weighted by atomic mass is 31.2. The number of nitrogens with zero attached hydrogens (tertiary/aromatic N) is 6. The first-order valence-electron chi connectivity index (χ1n) is 25.8. The summed E-state index contributed by atoms with van der Waals surface area (Å²) in [6.07, 6.45) is -7.56. The summed E-state index contributed by atoms with van der Waals surface area (Å²) in [5.74, 6) is -0.165. The fraction of sp³-hybridized carbons (Fsp3) is 0.604. The van der Waals surface area contributed by atoms with E-state index in [-0.39, 0.29) is 53.8 Å². The van der Waals surface area contributed by atoms with Crippen LogP contribution in [0.25, 0.3) is 0 Å². The van der Waals surface area contributed by atoms with Crippen molar-refractivity contribution >= 4 is 8.53 Å². The number of alkyl halides is 4. The van der Waals surface area contributed by atoms with Crippen molar-refractivity contribution in [2.45, 2.75) is 185 Å². The van der Waals surface area contributed by atoms with Gasteiger partial charge in [0, 0.05) is 67.1 Å². The van der Waals surface area contributed by atoms with Crippen LogP contribution in [0, 0.1) is 17.2 Å². The smallest absolute Gasteiger partial charge is 0.259 e. The van der Waals surface area contributed by atoms with Gasteiger partial charge >= 0.3 is 0 Å². The Labute approximate surface area is 446 Å². The Morgan fingerprint density at radius 2 is 0.961 bits per heavy atom. The number of nitriles is 1. The van der Waals surface area contributed by atoms with Gasteiger partial charge in [0.25, 0.3) is 30.8 Å². The number of aliphatic hydroxyl groups is 3. The van der Waals surface area contributed by atoms with Crippen molar-refractivity contribution in [3.63, 3.8) is 0 Å². The second kappa shape index (κ2) is 29.9. The predicted molar refractivity (Wildman–Crippen MR) is 277 cm³/mol. The van der Waals surface area contributed by atoms with Crippen LogP contribution >= 0.6 is 8.53 Å².